The molecule has 114 valence electrons. The minimum Gasteiger partial charge on any atom is -0.454 e. The Balaban J connectivity index is 1.50. The quantitative estimate of drug-likeness (QED) is 0.779. The van der Waals surface area contributed by atoms with Crippen LogP contribution in [0.2, 0.25) is 0 Å². The van der Waals surface area contributed by atoms with Crippen LogP contribution in [0.25, 0.3) is 11.4 Å². The number of hydrogen-bond acceptors (Lipinski definition) is 4. The first-order chi connectivity index (χ1) is 11.3. The maximum Gasteiger partial charge on any atom is 0.255 e. The molecule has 0 spiro atoms. The third kappa shape index (κ3) is 2.62. The first-order valence-corrected chi connectivity index (χ1v) is 7.10. The van der Waals surface area contributed by atoms with Crippen LogP contribution in [0.15, 0.2) is 54.9 Å². The smallest absolute Gasteiger partial charge is 0.255 e. The number of aromatic amines is 1. The Hall–Kier alpha value is -3.28. The molecule has 1 aromatic heterocycles. The summed E-state index contributed by atoms with van der Waals surface area (Å²) in [5.41, 5.74) is 2.18. The Bertz CT molecular complexity index is 842. The Morgan fingerprint density at radius 1 is 1.09 bits per heavy atom. The van der Waals surface area contributed by atoms with Gasteiger partial charge in [0.1, 0.15) is 5.82 Å². The molecule has 2 heterocycles. The van der Waals surface area contributed by atoms with E-state index in [4.69, 9.17) is 9.47 Å². The zero-order chi connectivity index (χ0) is 15.6. The van der Waals surface area contributed by atoms with E-state index in [9.17, 15) is 4.79 Å². The lowest BCUT2D eigenvalue weighted by molar-refractivity contribution is 0.102. The van der Waals surface area contributed by atoms with Gasteiger partial charge in [0.05, 0.1) is 0 Å². The van der Waals surface area contributed by atoms with Crippen LogP contribution < -0.4 is 14.8 Å². The molecule has 0 fully saturated rings. The third-order valence-electron chi connectivity index (χ3n) is 3.55. The zero-order valence-corrected chi connectivity index (χ0v) is 12.1. The van der Waals surface area contributed by atoms with Crippen LogP contribution in [0.4, 0.5) is 5.69 Å². The summed E-state index contributed by atoms with van der Waals surface area (Å²) in [6, 6.07) is 12.6. The number of rotatable bonds is 3. The van der Waals surface area contributed by atoms with E-state index in [1.165, 1.54) is 0 Å². The SMILES string of the molecule is O=C(Nc1ccc(-c2ncc[nH]2)cc1)c1ccc2c(c1)OCO2. The number of amides is 1. The summed E-state index contributed by atoms with van der Waals surface area (Å²) in [7, 11) is 0. The van der Waals surface area contributed by atoms with Gasteiger partial charge in [0.15, 0.2) is 11.5 Å². The summed E-state index contributed by atoms with van der Waals surface area (Å²) >= 11 is 0. The van der Waals surface area contributed by atoms with Crippen molar-refractivity contribution in [1.82, 2.24) is 9.97 Å². The van der Waals surface area contributed by atoms with Gasteiger partial charge in [0.2, 0.25) is 6.79 Å². The molecule has 4 rings (SSSR count). The van der Waals surface area contributed by atoms with Crippen molar-refractivity contribution in [1.29, 1.82) is 0 Å². The maximum atomic E-state index is 12.3. The molecule has 1 amide bonds. The van der Waals surface area contributed by atoms with Crippen LogP contribution >= 0.6 is 0 Å². The Kier molecular flexibility index (Phi) is 3.20. The predicted octanol–water partition coefficient (Wildman–Crippen LogP) is 3.06. The Morgan fingerprint density at radius 2 is 1.91 bits per heavy atom. The molecule has 0 radical (unpaired) electrons. The second-order valence-corrected chi connectivity index (χ2v) is 5.04. The highest BCUT2D eigenvalue weighted by atomic mass is 16.7. The summed E-state index contributed by atoms with van der Waals surface area (Å²) in [6.45, 7) is 0.189. The number of carbonyl (C=O) groups excluding carboxylic acids is 1. The molecule has 0 unspecified atom stereocenters. The highest BCUT2D eigenvalue weighted by Crippen LogP contribution is 2.32. The lowest BCUT2D eigenvalue weighted by Crippen LogP contribution is -2.11. The molecule has 0 bridgehead atoms. The fraction of sp³-hybridized carbons (Fsp3) is 0.0588. The number of benzene rings is 2. The van der Waals surface area contributed by atoms with Gasteiger partial charge in [-0.2, -0.15) is 0 Å². The number of hydrogen-bond donors (Lipinski definition) is 2. The molecule has 1 aliphatic heterocycles. The highest BCUT2D eigenvalue weighted by molar-refractivity contribution is 6.04. The molecule has 0 aliphatic carbocycles. The molecule has 3 aromatic rings. The summed E-state index contributed by atoms with van der Waals surface area (Å²) < 4.78 is 10.5. The molecule has 0 saturated heterocycles. The molecule has 0 atom stereocenters. The number of imidazole rings is 1. The Morgan fingerprint density at radius 3 is 2.70 bits per heavy atom. The van der Waals surface area contributed by atoms with Gasteiger partial charge in [-0.1, -0.05) is 0 Å². The van der Waals surface area contributed by atoms with Crippen LogP contribution in [0.3, 0.4) is 0 Å². The second kappa shape index (κ2) is 5.49. The molecule has 2 aromatic carbocycles. The van der Waals surface area contributed by atoms with Crippen molar-refractivity contribution in [3.8, 4) is 22.9 Å². The summed E-state index contributed by atoms with van der Waals surface area (Å²) in [5.74, 6) is 1.84. The van der Waals surface area contributed by atoms with Crippen molar-refractivity contribution in [2.45, 2.75) is 0 Å². The van der Waals surface area contributed by atoms with Gasteiger partial charge < -0.3 is 19.8 Å². The van der Waals surface area contributed by atoms with Gasteiger partial charge >= 0.3 is 0 Å². The summed E-state index contributed by atoms with van der Waals surface area (Å²) in [5, 5.41) is 2.86. The number of fused-ring (bicyclic) bond motifs is 1. The number of nitrogens with zero attached hydrogens (tertiary/aromatic N) is 1. The average molecular weight is 307 g/mol. The molecule has 0 saturated carbocycles. The van der Waals surface area contributed by atoms with Crippen LogP contribution in [-0.4, -0.2) is 22.7 Å². The van der Waals surface area contributed by atoms with Crippen molar-refractivity contribution in [2.75, 3.05) is 12.1 Å². The van der Waals surface area contributed by atoms with Gasteiger partial charge in [-0.05, 0) is 42.5 Å². The molecule has 2 N–H and O–H groups in total. The first-order valence-electron chi connectivity index (χ1n) is 7.10. The predicted molar refractivity (Wildman–Crippen MR) is 84.5 cm³/mol. The minimum atomic E-state index is -0.200. The lowest BCUT2D eigenvalue weighted by atomic mass is 10.1. The van der Waals surface area contributed by atoms with E-state index in [1.54, 1.807) is 30.6 Å². The van der Waals surface area contributed by atoms with Gasteiger partial charge in [-0.3, -0.25) is 4.79 Å². The van der Waals surface area contributed by atoms with E-state index >= 15 is 0 Å². The molecule has 6 heteroatoms. The van der Waals surface area contributed by atoms with Gasteiger partial charge in [0.25, 0.3) is 5.91 Å². The van der Waals surface area contributed by atoms with Gasteiger partial charge in [-0.25, -0.2) is 4.98 Å². The maximum absolute atomic E-state index is 12.3. The van der Waals surface area contributed by atoms with Crippen molar-refractivity contribution >= 4 is 11.6 Å². The van der Waals surface area contributed by atoms with Crippen LogP contribution in [-0.2, 0) is 0 Å². The fourth-order valence-electron chi connectivity index (χ4n) is 2.38. The number of anilines is 1. The topological polar surface area (TPSA) is 76.2 Å². The molecule has 1 aliphatic rings. The first kappa shape index (κ1) is 13.4. The summed E-state index contributed by atoms with van der Waals surface area (Å²) in [6.07, 6.45) is 3.47. The van der Waals surface area contributed by atoms with Crippen molar-refractivity contribution in [2.24, 2.45) is 0 Å². The summed E-state index contributed by atoms with van der Waals surface area (Å²) in [4.78, 5) is 19.5. The van der Waals surface area contributed by atoms with Crippen LogP contribution in [0, 0.1) is 0 Å². The Labute approximate surface area is 132 Å². The van der Waals surface area contributed by atoms with E-state index < -0.39 is 0 Å². The number of ether oxygens (including phenoxy) is 2. The van der Waals surface area contributed by atoms with E-state index in [0.29, 0.717) is 22.7 Å². The molecule has 23 heavy (non-hydrogen) atoms. The normalized spacial score (nSPS) is 12.2. The third-order valence-corrected chi connectivity index (χ3v) is 3.55. The van der Waals surface area contributed by atoms with Crippen LogP contribution in [0.1, 0.15) is 10.4 Å². The molecular weight excluding hydrogens is 294 g/mol. The van der Waals surface area contributed by atoms with E-state index in [0.717, 1.165) is 11.4 Å². The van der Waals surface area contributed by atoms with E-state index in [1.807, 2.05) is 24.3 Å². The number of H-pyrrole nitrogens is 1. The van der Waals surface area contributed by atoms with Crippen LogP contribution in [0.5, 0.6) is 11.5 Å². The minimum absolute atomic E-state index is 0.189. The highest BCUT2D eigenvalue weighted by Gasteiger charge is 2.16. The largest absolute Gasteiger partial charge is 0.454 e. The number of carbonyl (C=O) groups is 1. The standard InChI is InChI=1S/C17H13N3O3/c21-17(12-3-6-14-15(9-12)23-10-22-14)20-13-4-1-11(2-5-13)16-18-7-8-19-16/h1-9H,10H2,(H,18,19)(H,20,21). The number of nitrogens with one attached hydrogen (secondary N) is 2. The molecular formula is C17H13N3O3. The monoisotopic (exact) mass is 307 g/mol. The van der Waals surface area contributed by atoms with Gasteiger partial charge in [0, 0.05) is 29.2 Å². The van der Waals surface area contributed by atoms with Gasteiger partial charge in [-0.15, -0.1) is 0 Å². The van der Waals surface area contributed by atoms with E-state index in [2.05, 4.69) is 15.3 Å². The molecule has 6 nitrogen and oxygen atoms in total. The number of aromatic nitrogens is 2. The van der Waals surface area contributed by atoms with Crippen molar-refractivity contribution in [3.63, 3.8) is 0 Å². The van der Waals surface area contributed by atoms with Crippen molar-refractivity contribution < 1.29 is 14.3 Å². The fourth-order valence-corrected chi connectivity index (χ4v) is 2.38. The van der Waals surface area contributed by atoms with Crippen molar-refractivity contribution in [3.05, 3.63) is 60.4 Å². The average Bonchev–Trinajstić information content (AvgIpc) is 3.26. The second-order valence-electron chi connectivity index (χ2n) is 5.04. The lowest BCUT2D eigenvalue weighted by Gasteiger charge is -2.07. The zero-order valence-electron chi connectivity index (χ0n) is 12.1. The van der Waals surface area contributed by atoms with E-state index in [-0.39, 0.29) is 12.7 Å².